The Hall–Kier alpha value is -1.78. The van der Waals surface area contributed by atoms with Gasteiger partial charge in [-0.1, -0.05) is 0 Å². The molecule has 3 aromatic carbocycles. The molecule has 24 heavy (non-hydrogen) atoms. The molecule has 0 bridgehead atoms. The first-order valence-corrected chi connectivity index (χ1v) is 11.7. The zero-order chi connectivity index (χ0) is 17.4. The predicted molar refractivity (Wildman–Crippen MR) is 99.9 cm³/mol. The third-order valence-corrected chi connectivity index (χ3v) is 10.8. The molecule has 3 rings (SSSR count). The molecule has 0 heterocycles. The number of benzene rings is 3. The van der Waals surface area contributed by atoms with Crippen LogP contribution in [0.2, 0.25) is 0 Å². The fourth-order valence-electron chi connectivity index (χ4n) is 2.47. The molecule has 0 amide bonds. The molecule has 0 aliphatic heterocycles. The van der Waals surface area contributed by atoms with Crippen molar-refractivity contribution in [3.63, 3.8) is 0 Å². The van der Waals surface area contributed by atoms with E-state index < -0.39 is 11.4 Å². The van der Waals surface area contributed by atoms with Crippen LogP contribution in [0.4, 0.5) is 0 Å². The summed E-state index contributed by atoms with van der Waals surface area (Å²) in [5, 5.41) is 11.6. The van der Waals surface area contributed by atoms with Gasteiger partial charge in [0.15, 0.2) is 0 Å². The third kappa shape index (κ3) is 4.62. The van der Waals surface area contributed by atoms with E-state index in [4.69, 9.17) is 9.90 Å². The number of hydrogen-bond donors (Lipinski definition) is 1. The van der Waals surface area contributed by atoms with Crippen LogP contribution in [0, 0.1) is 0 Å². The molecule has 0 saturated heterocycles. The van der Waals surface area contributed by atoms with Crippen molar-refractivity contribution in [3.8, 4) is 0 Å². The van der Waals surface area contributed by atoms with E-state index in [0.29, 0.717) is 0 Å². The van der Waals surface area contributed by atoms with Gasteiger partial charge in [0.25, 0.3) is 5.97 Å². The number of carboxylic acids is 1. The predicted octanol–water partition coefficient (Wildman–Crippen LogP) is 3.27. The van der Waals surface area contributed by atoms with Gasteiger partial charge in [0.2, 0.25) is 0 Å². The van der Waals surface area contributed by atoms with Crippen molar-refractivity contribution in [1.29, 1.82) is 0 Å². The number of aliphatic carboxylic acids is 1. The number of hydrogen-bond acceptors (Lipinski definition) is 1. The van der Waals surface area contributed by atoms with E-state index >= 15 is 0 Å². The second-order valence-corrected chi connectivity index (χ2v) is 11.7. The summed E-state index contributed by atoms with van der Waals surface area (Å²) in [6, 6.07) is 32.3. The second kappa shape index (κ2) is 8.90. The maximum atomic E-state index is 9.00. The number of carboxylic acid groups (broad SMARTS) is 1. The van der Waals surface area contributed by atoms with Crippen LogP contribution >= 0.6 is 5.45 Å². The van der Waals surface area contributed by atoms with Crippen LogP contribution in [0.25, 0.3) is 0 Å². The number of rotatable bonds is 3. The standard InChI is InChI=1S/C18H15P.C2H4O2.Pd/c1-4-10-16(11-5-1)19(17-12-6-2-7-13-17)18-14-8-3-9-15-18;1-2(3)4;/h1-15H;1H3,(H,3,4);/q;;-1/p+1. The van der Waals surface area contributed by atoms with Crippen LogP contribution in [-0.4, -0.2) is 11.1 Å². The van der Waals surface area contributed by atoms with Crippen molar-refractivity contribution in [2.75, 3.05) is 0 Å². The topological polar surface area (TPSA) is 37.3 Å². The van der Waals surface area contributed by atoms with Crippen molar-refractivity contribution >= 4 is 27.3 Å². The van der Waals surface area contributed by atoms with Crippen LogP contribution in [0.1, 0.15) is 6.92 Å². The first kappa shape index (κ1) is 18.6. The van der Waals surface area contributed by atoms with E-state index in [0.717, 1.165) is 6.92 Å². The fraction of sp³-hybridized carbons (Fsp3) is 0.0500. The first-order valence-electron chi connectivity index (χ1n) is 7.57. The molecule has 127 valence electrons. The summed E-state index contributed by atoms with van der Waals surface area (Å²) in [5.74, 6) is -0.833. The van der Waals surface area contributed by atoms with E-state index in [1.165, 1.54) is 15.9 Å². The average molecular weight is 430 g/mol. The quantitative estimate of drug-likeness (QED) is 0.512. The monoisotopic (exact) mass is 429 g/mol. The van der Waals surface area contributed by atoms with Crippen molar-refractivity contribution < 1.29 is 28.6 Å². The molecule has 0 saturated carbocycles. The summed E-state index contributed by atoms with van der Waals surface area (Å²) in [5.41, 5.74) is -2.03. The summed E-state index contributed by atoms with van der Waals surface area (Å²) >= 11 is 3.81. The Labute approximate surface area is 153 Å². The summed E-state index contributed by atoms with van der Waals surface area (Å²) in [4.78, 5) is 9.00. The molecule has 0 unspecified atom stereocenters. The molecule has 2 nitrogen and oxygen atoms in total. The molecule has 3 aromatic rings. The van der Waals surface area contributed by atoms with Gasteiger partial charge >= 0.3 is 131 Å². The molecule has 0 radical (unpaired) electrons. The van der Waals surface area contributed by atoms with Gasteiger partial charge in [-0.2, -0.15) is 0 Å². The molecule has 0 aliphatic rings. The Morgan fingerprint density at radius 2 is 0.917 bits per heavy atom. The summed E-state index contributed by atoms with van der Waals surface area (Å²) in [7, 11) is 0. The number of carbonyl (C=O) groups is 1. The Morgan fingerprint density at radius 3 is 1.12 bits per heavy atom. The van der Waals surface area contributed by atoms with E-state index in [-0.39, 0.29) is 0 Å². The van der Waals surface area contributed by atoms with Gasteiger partial charge in [0.1, 0.15) is 0 Å². The first-order chi connectivity index (χ1) is 11.5. The molecular formula is C20H20O2PPd. The van der Waals surface area contributed by atoms with Crippen LogP contribution in [0.3, 0.4) is 0 Å². The molecule has 0 spiro atoms. The van der Waals surface area contributed by atoms with E-state index in [2.05, 4.69) is 110 Å². The SMILES string of the molecule is CC(=O)O.[Pd][PH](c1ccccc1)(c1ccccc1)c1ccccc1. The third-order valence-electron chi connectivity index (χ3n) is 3.46. The molecule has 0 fully saturated rings. The fourth-order valence-corrected chi connectivity index (χ4v) is 7.70. The van der Waals surface area contributed by atoms with Crippen LogP contribution in [-0.2, 0) is 23.5 Å². The van der Waals surface area contributed by atoms with Crippen molar-refractivity contribution in [2.24, 2.45) is 0 Å². The van der Waals surface area contributed by atoms with Gasteiger partial charge in [-0.05, 0) is 0 Å². The maximum absolute atomic E-state index is 9.00. The summed E-state index contributed by atoms with van der Waals surface area (Å²) in [6.07, 6.45) is 0. The second-order valence-electron chi connectivity index (χ2n) is 5.23. The molecular weight excluding hydrogens is 410 g/mol. The Bertz CT molecular complexity index is 661. The van der Waals surface area contributed by atoms with Gasteiger partial charge in [-0.3, -0.25) is 4.79 Å². The average Bonchev–Trinajstić information content (AvgIpc) is 2.63. The van der Waals surface area contributed by atoms with Gasteiger partial charge < -0.3 is 5.11 Å². The molecule has 4 heteroatoms. The molecule has 0 aromatic heterocycles. The van der Waals surface area contributed by atoms with Crippen LogP contribution in [0.5, 0.6) is 0 Å². The zero-order valence-corrected chi connectivity index (χ0v) is 15.9. The van der Waals surface area contributed by atoms with E-state index in [1.54, 1.807) is 0 Å². The van der Waals surface area contributed by atoms with Gasteiger partial charge in [0.05, 0.1) is 0 Å². The van der Waals surface area contributed by atoms with Gasteiger partial charge in [-0.15, -0.1) is 0 Å². The van der Waals surface area contributed by atoms with E-state index in [1.807, 2.05) is 0 Å². The molecule has 1 N–H and O–H groups in total. The summed E-state index contributed by atoms with van der Waals surface area (Å²) < 4.78 is 0. The minimum atomic E-state index is -2.03. The Balaban J connectivity index is 0.000000471. The van der Waals surface area contributed by atoms with Crippen molar-refractivity contribution in [2.45, 2.75) is 6.92 Å². The zero-order valence-electron chi connectivity index (χ0n) is 13.3. The van der Waals surface area contributed by atoms with Gasteiger partial charge in [0, 0.05) is 6.92 Å². The van der Waals surface area contributed by atoms with Crippen LogP contribution < -0.4 is 15.9 Å². The molecule has 0 atom stereocenters. The Kier molecular flexibility index (Phi) is 6.88. The van der Waals surface area contributed by atoms with Gasteiger partial charge in [-0.25, -0.2) is 0 Å². The molecule has 0 aliphatic carbocycles. The van der Waals surface area contributed by atoms with Crippen molar-refractivity contribution in [1.82, 2.24) is 0 Å². The van der Waals surface area contributed by atoms with Crippen LogP contribution in [0.15, 0.2) is 91.0 Å². The summed E-state index contributed by atoms with van der Waals surface area (Å²) in [6.45, 7) is 1.08. The van der Waals surface area contributed by atoms with E-state index in [9.17, 15) is 0 Å². The normalized spacial score (nSPS) is 11.1. The van der Waals surface area contributed by atoms with Crippen molar-refractivity contribution in [3.05, 3.63) is 91.0 Å². The minimum absolute atomic E-state index is 0.833. The Morgan fingerprint density at radius 1 is 0.708 bits per heavy atom.